The molecule has 0 fully saturated rings. The van der Waals surface area contributed by atoms with Crippen LogP contribution in [0.1, 0.15) is 20.1 Å². The molecule has 3 N–H and O–H groups in total. The van der Waals surface area contributed by atoms with Crippen molar-refractivity contribution in [1.82, 2.24) is 9.99 Å². The number of nitrogen functional groups attached to an aromatic ring is 1. The Balaban J connectivity index is 2.38. The lowest BCUT2D eigenvalue weighted by Crippen LogP contribution is -2.29. The molecule has 0 atom stereocenters. The first-order chi connectivity index (χ1) is 9.42. The lowest BCUT2D eigenvalue weighted by Gasteiger charge is -2.06. The first-order valence-corrected chi connectivity index (χ1v) is 7.98. The number of aryl methyl sites for hydroxylation is 1. The Morgan fingerprint density at radius 2 is 2.15 bits per heavy atom. The van der Waals surface area contributed by atoms with E-state index in [9.17, 15) is 9.59 Å². The number of nitrogens with one attached hydrogen (secondary N) is 1. The third kappa shape index (κ3) is 3.20. The number of aromatic nitrogens is 1. The summed E-state index contributed by atoms with van der Waals surface area (Å²) in [5, 5.41) is 0. The van der Waals surface area contributed by atoms with E-state index in [1.807, 2.05) is 6.92 Å². The summed E-state index contributed by atoms with van der Waals surface area (Å²) in [5.41, 5.74) is 2.90. The number of carbonyl (C=O) groups is 1. The number of halogens is 2. The molecule has 1 amide bonds. The molecule has 0 unspecified atom stereocenters. The zero-order valence-electron chi connectivity index (χ0n) is 10.4. The van der Waals surface area contributed by atoms with Crippen molar-refractivity contribution in [2.45, 2.75) is 13.5 Å². The third-order valence-electron chi connectivity index (χ3n) is 2.73. The highest BCUT2D eigenvalue weighted by Crippen LogP contribution is 2.23. The lowest BCUT2D eigenvalue weighted by molar-refractivity contribution is 0.0957. The second-order valence-electron chi connectivity index (χ2n) is 4.10. The zero-order valence-corrected chi connectivity index (χ0v) is 14.4. The van der Waals surface area contributed by atoms with Crippen LogP contribution in [-0.4, -0.2) is 10.5 Å². The summed E-state index contributed by atoms with van der Waals surface area (Å²) in [5.74, 6) is 4.79. The van der Waals surface area contributed by atoms with Gasteiger partial charge in [0.05, 0.1) is 15.9 Å². The van der Waals surface area contributed by atoms with Crippen LogP contribution in [0.4, 0.5) is 0 Å². The fourth-order valence-corrected chi connectivity index (χ4v) is 3.92. The maximum Gasteiger partial charge on any atom is 0.275 e. The van der Waals surface area contributed by atoms with Gasteiger partial charge in [-0.25, -0.2) is 5.84 Å². The summed E-state index contributed by atoms with van der Waals surface area (Å²) in [4.78, 5) is 25.0. The van der Waals surface area contributed by atoms with Crippen LogP contribution in [0.2, 0.25) is 0 Å². The van der Waals surface area contributed by atoms with Crippen LogP contribution in [0.25, 0.3) is 0 Å². The molecule has 0 saturated heterocycles. The molecule has 0 spiro atoms. The Morgan fingerprint density at radius 1 is 1.45 bits per heavy atom. The summed E-state index contributed by atoms with van der Waals surface area (Å²) in [6.07, 6.45) is 1.72. The molecule has 0 aliphatic heterocycles. The minimum Gasteiger partial charge on any atom is -0.309 e. The first kappa shape index (κ1) is 15.4. The second-order valence-corrected chi connectivity index (χ2v) is 7.13. The van der Waals surface area contributed by atoms with Crippen molar-refractivity contribution in [2.24, 2.45) is 5.84 Å². The lowest BCUT2D eigenvalue weighted by atomic mass is 10.2. The van der Waals surface area contributed by atoms with Gasteiger partial charge in [0, 0.05) is 15.5 Å². The highest BCUT2D eigenvalue weighted by molar-refractivity contribution is 9.11. The fraction of sp³-hybridized carbons (Fsp3) is 0.167. The number of carbonyl (C=O) groups excluding carboxylic acids is 1. The highest BCUT2D eigenvalue weighted by atomic mass is 79.9. The van der Waals surface area contributed by atoms with Gasteiger partial charge in [0.2, 0.25) is 0 Å². The van der Waals surface area contributed by atoms with Gasteiger partial charge < -0.3 is 4.57 Å². The summed E-state index contributed by atoms with van der Waals surface area (Å²) < 4.78 is 2.87. The SMILES string of the molecule is Cc1sc(C(=O)NN)cc1Cn1cc(Br)cc(Br)c1=O. The molecule has 8 heteroatoms. The molecule has 0 aliphatic carbocycles. The average molecular weight is 421 g/mol. The van der Waals surface area contributed by atoms with Crippen molar-refractivity contribution in [3.8, 4) is 0 Å². The van der Waals surface area contributed by atoms with Crippen molar-refractivity contribution >= 4 is 49.1 Å². The molecule has 2 rings (SSSR count). The van der Waals surface area contributed by atoms with Gasteiger partial charge in [0.1, 0.15) is 0 Å². The van der Waals surface area contributed by atoms with Crippen LogP contribution in [-0.2, 0) is 6.54 Å². The number of hydrazine groups is 1. The number of hydrogen-bond acceptors (Lipinski definition) is 4. The summed E-state index contributed by atoms with van der Waals surface area (Å²) in [6, 6.07) is 3.45. The van der Waals surface area contributed by atoms with Crippen LogP contribution >= 0.6 is 43.2 Å². The quantitative estimate of drug-likeness (QED) is 0.454. The Morgan fingerprint density at radius 3 is 2.80 bits per heavy atom. The number of pyridine rings is 1. The Labute approximate surface area is 136 Å². The normalized spacial score (nSPS) is 10.6. The van der Waals surface area contributed by atoms with Gasteiger partial charge in [-0.2, -0.15) is 0 Å². The van der Waals surface area contributed by atoms with Crippen LogP contribution in [0.15, 0.2) is 32.1 Å². The van der Waals surface area contributed by atoms with Crippen molar-refractivity contribution in [2.75, 3.05) is 0 Å². The smallest absolute Gasteiger partial charge is 0.275 e. The topological polar surface area (TPSA) is 77.1 Å². The number of rotatable bonds is 3. The molecule has 5 nitrogen and oxygen atoms in total. The van der Waals surface area contributed by atoms with Crippen LogP contribution in [0.5, 0.6) is 0 Å². The van der Waals surface area contributed by atoms with E-state index in [4.69, 9.17) is 5.84 Å². The number of thiophene rings is 1. The van der Waals surface area contributed by atoms with Crippen LogP contribution in [0, 0.1) is 6.92 Å². The molecule has 0 bridgehead atoms. The van der Waals surface area contributed by atoms with Gasteiger partial charge in [-0.15, -0.1) is 11.3 Å². The molecular weight excluding hydrogens is 410 g/mol. The van der Waals surface area contributed by atoms with E-state index >= 15 is 0 Å². The number of nitrogens with zero attached hydrogens (tertiary/aromatic N) is 1. The average Bonchev–Trinajstić information content (AvgIpc) is 2.76. The standard InChI is InChI=1S/C12H11Br2N3O2S/c1-6-7(2-10(20-6)11(18)16-15)4-17-5-8(13)3-9(14)12(17)19/h2-3,5H,4,15H2,1H3,(H,16,18). The molecule has 2 aromatic rings. The number of amides is 1. The van der Waals surface area contributed by atoms with Gasteiger partial charge >= 0.3 is 0 Å². The molecule has 2 heterocycles. The maximum absolute atomic E-state index is 12.0. The zero-order chi connectivity index (χ0) is 14.9. The minimum atomic E-state index is -0.327. The van der Waals surface area contributed by atoms with Crippen molar-refractivity contribution < 1.29 is 4.79 Å². The van der Waals surface area contributed by atoms with E-state index in [-0.39, 0.29) is 11.5 Å². The molecule has 0 aromatic carbocycles. The van der Waals surface area contributed by atoms with Crippen LogP contribution < -0.4 is 16.8 Å². The largest absolute Gasteiger partial charge is 0.309 e. The molecule has 2 aromatic heterocycles. The molecule has 106 valence electrons. The summed E-state index contributed by atoms with van der Waals surface area (Å²) in [6.45, 7) is 2.31. The van der Waals surface area contributed by atoms with E-state index in [1.54, 1.807) is 22.9 Å². The highest BCUT2D eigenvalue weighted by Gasteiger charge is 2.13. The molecule has 0 radical (unpaired) electrons. The predicted molar refractivity (Wildman–Crippen MR) is 85.9 cm³/mol. The Bertz CT molecular complexity index is 724. The van der Waals surface area contributed by atoms with Gasteiger partial charge in [-0.05, 0) is 56.5 Å². The Kier molecular flexibility index (Phi) is 4.79. The van der Waals surface area contributed by atoms with Crippen molar-refractivity contribution in [1.29, 1.82) is 0 Å². The van der Waals surface area contributed by atoms with E-state index in [0.717, 1.165) is 14.9 Å². The van der Waals surface area contributed by atoms with E-state index in [0.29, 0.717) is 15.9 Å². The molecule has 0 saturated carbocycles. The van der Waals surface area contributed by atoms with Gasteiger partial charge in [0.15, 0.2) is 0 Å². The van der Waals surface area contributed by atoms with Crippen molar-refractivity contribution in [3.05, 3.63) is 52.9 Å². The second kappa shape index (κ2) is 6.21. The number of nitrogens with two attached hydrogens (primary N) is 1. The monoisotopic (exact) mass is 419 g/mol. The summed E-state index contributed by atoms with van der Waals surface area (Å²) >= 11 is 7.93. The summed E-state index contributed by atoms with van der Waals surface area (Å²) in [7, 11) is 0. The third-order valence-corrected chi connectivity index (χ3v) is 4.82. The molecule has 0 aliphatic rings. The van der Waals surface area contributed by atoms with Gasteiger partial charge in [-0.3, -0.25) is 15.0 Å². The van der Waals surface area contributed by atoms with E-state index in [1.165, 1.54) is 11.3 Å². The van der Waals surface area contributed by atoms with Gasteiger partial charge in [-0.1, -0.05) is 0 Å². The fourth-order valence-electron chi connectivity index (χ4n) is 1.73. The van der Waals surface area contributed by atoms with Crippen LogP contribution in [0.3, 0.4) is 0 Å². The Hall–Kier alpha value is -0.960. The molecule has 20 heavy (non-hydrogen) atoms. The minimum absolute atomic E-state index is 0.122. The van der Waals surface area contributed by atoms with Gasteiger partial charge in [0.25, 0.3) is 11.5 Å². The van der Waals surface area contributed by atoms with E-state index < -0.39 is 0 Å². The first-order valence-electron chi connectivity index (χ1n) is 5.58. The van der Waals surface area contributed by atoms with Crippen molar-refractivity contribution in [3.63, 3.8) is 0 Å². The molecular formula is C12H11Br2N3O2S. The number of hydrogen-bond donors (Lipinski definition) is 2. The predicted octanol–water partition coefficient (Wildman–Crippen LogP) is 2.40. The maximum atomic E-state index is 12.0. The van der Waals surface area contributed by atoms with E-state index in [2.05, 4.69) is 37.3 Å².